The van der Waals surface area contributed by atoms with Crippen molar-refractivity contribution < 1.29 is 4.79 Å². The molecule has 0 aliphatic carbocycles. The van der Waals surface area contributed by atoms with Crippen LogP contribution in [0, 0.1) is 0 Å². The normalized spacial score (nSPS) is 22.1. The summed E-state index contributed by atoms with van der Waals surface area (Å²) in [6.07, 6.45) is 0. The lowest BCUT2D eigenvalue weighted by molar-refractivity contribution is -0.124. The summed E-state index contributed by atoms with van der Waals surface area (Å²) < 4.78 is 1.53. The van der Waals surface area contributed by atoms with Crippen molar-refractivity contribution in [2.75, 3.05) is 13.1 Å². The Morgan fingerprint density at radius 3 is 2.93 bits per heavy atom. The van der Waals surface area contributed by atoms with E-state index < -0.39 is 0 Å². The quantitative estimate of drug-likeness (QED) is 0.831. The fraction of sp³-hybridized carbons (Fsp3) is 0.375. The first-order valence-corrected chi connectivity index (χ1v) is 6.13. The number of nitrogens with one attached hydrogen (secondary N) is 2. The van der Waals surface area contributed by atoms with Gasteiger partial charge in [-0.25, -0.2) is 0 Å². The fourth-order valence-electron chi connectivity index (χ4n) is 1.33. The van der Waals surface area contributed by atoms with E-state index in [4.69, 9.17) is 11.6 Å². The number of hydrogen-bond donors (Lipinski definition) is 2. The Labute approximate surface area is 99.0 Å². The van der Waals surface area contributed by atoms with Gasteiger partial charge in [0.25, 0.3) is 0 Å². The number of thiophene rings is 1. The van der Waals surface area contributed by atoms with E-state index in [1.54, 1.807) is 0 Å². The second kappa shape index (κ2) is 4.18. The van der Waals surface area contributed by atoms with Crippen molar-refractivity contribution in [3.8, 4) is 0 Å². The molecule has 1 amide bonds. The van der Waals surface area contributed by atoms with E-state index >= 15 is 0 Å². The van der Waals surface area contributed by atoms with Gasteiger partial charge in [-0.15, -0.1) is 11.3 Å². The standard InChI is InChI=1S/C8H8BrClN2OS/c9-4-3-5(14-7(4)10)6-8(13)12-2-1-11-6/h3,6,11H,1-2H2,(H,12,13). The van der Waals surface area contributed by atoms with Crippen LogP contribution in [0.3, 0.4) is 0 Å². The highest BCUT2D eigenvalue weighted by molar-refractivity contribution is 9.10. The number of hydrogen-bond acceptors (Lipinski definition) is 3. The van der Waals surface area contributed by atoms with Gasteiger partial charge in [-0.3, -0.25) is 10.1 Å². The molecule has 2 rings (SSSR count). The van der Waals surface area contributed by atoms with Gasteiger partial charge < -0.3 is 5.32 Å². The van der Waals surface area contributed by atoms with Crippen LogP contribution in [0.2, 0.25) is 4.34 Å². The zero-order valence-corrected chi connectivity index (χ0v) is 10.3. The highest BCUT2D eigenvalue weighted by Gasteiger charge is 2.25. The Bertz CT molecular complexity index is 349. The Morgan fingerprint density at radius 2 is 2.36 bits per heavy atom. The van der Waals surface area contributed by atoms with Crippen molar-refractivity contribution in [2.24, 2.45) is 0 Å². The number of amides is 1. The molecule has 2 heterocycles. The van der Waals surface area contributed by atoms with Gasteiger partial charge in [0.1, 0.15) is 10.4 Å². The van der Waals surface area contributed by atoms with Gasteiger partial charge in [-0.05, 0) is 22.0 Å². The largest absolute Gasteiger partial charge is 0.353 e. The van der Waals surface area contributed by atoms with Crippen molar-refractivity contribution >= 4 is 44.8 Å². The lowest BCUT2D eigenvalue weighted by atomic mass is 10.2. The third-order valence-electron chi connectivity index (χ3n) is 1.98. The molecule has 14 heavy (non-hydrogen) atoms. The van der Waals surface area contributed by atoms with E-state index in [2.05, 4.69) is 26.6 Å². The molecule has 1 fully saturated rings. The van der Waals surface area contributed by atoms with Crippen LogP contribution < -0.4 is 10.6 Å². The molecular formula is C8H8BrClN2OS. The van der Waals surface area contributed by atoms with E-state index in [9.17, 15) is 4.79 Å². The summed E-state index contributed by atoms with van der Waals surface area (Å²) in [4.78, 5) is 12.4. The average Bonchev–Trinajstić information content (AvgIpc) is 2.48. The van der Waals surface area contributed by atoms with Gasteiger partial charge >= 0.3 is 0 Å². The lowest BCUT2D eigenvalue weighted by Crippen LogP contribution is -2.46. The second-order valence-electron chi connectivity index (χ2n) is 2.95. The van der Waals surface area contributed by atoms with Crippen LogP contribution in [0.25, 0.3) is 0 Å². The van der Waals surface area contributed by atoms with Crippen molar-refractivity contribution in [1.82, 2.24) is 10.6 Å². The molecule has 1 unspecified atom stereocenters. The van der Waals surface area contributed by atoms with E-state index in [0.29, 0.717) is 10.9 Å². The maximum absolute atomic E-state index is 11.5. The Balaban J connectivity index is 2.24. The molecule has 1 saturated heterocycles. The molecule has 1 aromatic rings. The molecule has 0 aromatic carbocycles. The Morgan fingerprint density at radius 1 is 1.57 bits per heavy atom. The van der Waals surface area contributed by atoms with Crippen LogP contribution in [0.15, 0.2) is 10.5 Å². The van der Waals surface area contributed by atoms with Crippen molar-refractivity contribution in [3.05, 3.63) is 19.8 Å². The van der Waals surface area contributed by atoms with Gasteiger partial charge in [0.15, 0.2) is 0 Å². The van der Waals surface area contributed by atoms with Gasteiger partial charge in [0.05, 0.1) is 0 Å². The van der Waals surface area contributed by atoms with Gasteiger partial charge in [-0.2, -0.15) is 0 Å². The van der Waals surface area contributed by atoms with Crippen LogP contribution in [0.5, 0.6) is 0 Å². The molecule has 1 aliphatic heterocycles. The first kappa shape index (κ1) is 10.4. The number of carbonyl (C=O) groups excluding carboxylic acids is 1. The summed E-state index contributed by atoms with van der Waals surface area (Å²) in [5.74, 6) is 0.0154. The van der Waals surface area contributed by atoms with Gasteiger partial charge in [-0.1, -0.05) is 11.6 Å². The topological polar surface area (TPSA) is 41.1 Å². The predicted octanol–water partition coefficient (Wildman–Crippen LogP) is 1.92. The Kier molecular flexibility index (Phi) is 3.11. The third-order valence-corrected chi connectivity index (χ3v) is 4.52. The average molecular weight is 296 g/mol. The molecule has 3 nitrogen and oxygen atoms in total. The molecule has 6 heteroatoms. The van der Waals surface area contributed by atoms with Crippen LogP contribution in [-0.2, 0) is 4.79 Å². The minimum Gasteiger partial charge on any atom is -0.353 e. The fourth-order valence-corrected chi connectivity index (χ4v) is 3.14. The van der Waals surface area contributed by atoms with Gasteiger partial charge in [0.2, 0.25) is 5.91 Å². The molecule has 1 aliphatic rings. The molecule has 1 aromatic heterocycles. The summed E-state index contributed by atoms with van der Waals surface area (Å²) in [7, 11) is 0. The highest BCUT2D eigenvalue weighted by atomic mass is 79.9. The highest BCUT2D eigenvalue weighted by Crippen LogP contribution is 2.35. The van der Waals surface area contributed by atoms with Crippen LogP contribution in [0.4, 0.5) is 0 Å². The van der Waals surface area contributed by atoms with Crippen LogP contribution in [-0.4, -0.2) is 19.0 Å². The molecule has 0 spiro atoms. The molecule has 0 saturated carbocycles. The van der Waals surface area contributed by atoms with E-state index in [0.717, 1.165) is 15.9 Å². The van der Waals surface area contributed by atoms with Crippen LogP contribution in [0.1, 0.15) is 10.9 Å². The van der Waals surface area contributed by atoms with Crippen molar-refractivity contribution in [3.63, 3.8) is 0 Å². The lowest BCUT2D eigenvalue weighted by Gasteiger charge is -2.22. The molecule has 0 radical (unpaired) electrons. The number of carbonyl (C=O) groups is 1. The first-order chi connectivity index (χ1) is 6.68. The summed E-state index contributed by atoms with van der Waals surface area (Å²) in [5, 5.41) is 5.95. The smallest absolute Gasteiger partial charge is 0.242 e. The minimum absolute atomic E-state index is 0.0154. The van der Waals surface area contributed by atoms with Crippen LogP contribution >= 0.6 is 38.9 Å². The maximum Gasteiger partial charge on any atom is 0.242 e. The molecule has 76 valence electrons. The second-order valence-corrected chi connectivity index (χ2v) is 5.49. The molecule has 1 atom stereocenters. The third kappa shape index (κ3) is 1.95. The van der Waals surface area contributed by atoms with E-state index in [1.807, 2.05) is 6.07 Å². The molecular weight excluding hydrogens is 288 g/mol. The van der Waals surface area contributed by atoms with E-state index in [-0.39, 0.29) is 11.9 Å². The zero-order chi connectivity index (χ0) is 10.1. The van der Waals surface area contributed by atoms with Gasteiger partial charge in [0, 0.05) is 22.4 Å². The zero-order valence-electron chi connectivity index (χ0n) is 7.14. The van der Waals surface area contributed by atoms with Crippen molar-refractivity contribution in [2.45, 2.75) is 6.04 Å². The monoisotopic (exact) mass is 294 g/mol. The number of rotatable bonds is 1. The summed E-state index contributed by atoms with van der Waals surface area (Å²) >= 11 is 10.6. The minimum atomic E-state index is -0.252. The summed E-state index contributed by atoms with van der Waals surface area (Å²) in [6.45, 7) is 1.49. The molecule has 2 N–H and O–H groups in total. The molecule has 0 bridgehead atoms. The SMILES string of the molecule is O=C1NCCNC1c1cc(Br)c(Cl)s1. The predicted molar refractivity (Wildman–Crippen MR) is 60.8 cm³/mol. The van der Waals surface area contributed by atoms with Crippen molar-refractivity contribution in [1.29, 1.82) is 0 Å². The van der Waals surface area contributed by atoms with E-state index in [1.165, 1.54) is 11.3 Å². The summed E-state index contributed by atoms with van der Waals surface area (Å²) in [6, 6.07) is 1.63. The Hall–Kier alpha value is -0.100. The summed E-state index contributed by atoms with van der Waals surface area (Å²) in [5.41, 5.74) is 0. The number of halogens is 2. The maximum atomic E-state index is 11.5. The number of piperazine rings is 1. The first-order valence-electron chi connectivity index (χ1n) is 4.14.